The molecular formula is C17H23N3O6. The van der Waals surface area contributed by atoms with Gasteiger partial charge in [0.2, 0.25) is 17.7 Å². The summed E-state index contributed by atoms with van der Waals surface area (Å²) in [5.41, 5.74) is 0. The lowest BCUT2D eigenvalue weighted by atomic mass is 9.85. The third-order valence-electron chi connectivity index (χ3n) is 4.58. The number of likely N-dealkylation sites (tertiary alicyclic amines) is 1. The Morgan fingerprint density at radius 2 is 1.77 bits per heavy atom. The van der Waals surface area contributed by atoms with E-state index in [1.54, 1.807) is 0 Å². The van der Waals surface area contributed by atoms with Gasteiger partial charge in [0.05, 0.1) is 24.8 Å². The Labute approximate surface area is 151 Å². The molecule has 1 N–H and O–H groups in total. The zero-order valence-electron chi connectivity index (χ0n) is 14.9. The normalized spacial score (nSPS) is 21.4. The molecule has 9 nitrogen and oxygen atoms in total. The van der Waals surface area contributed by atoms with Gasteiger partial charge in [-0.15, -0.1) is 0 Å². The van der Waals surface area contributed by atoms with Gasteiger partial charge in [-0.25, -0.2) is 0 Å². The first kappa shape index (κ1) is 19.6. The topological polar surface area (TPSA) is 113 Å². The molecule has 0 unspecified atom stereocenters. The predicted molar refractivity (Wildman–Crippen MR) is 89.4 cm³/mol. The largest absolute Gasteiger partial charge is 0.456 e. The van der Waals surface area contributed by atoms with Gasteiger partial charge in [-0.05, 0) is 12.8 Å². The lowest BCUT2D eigenvalue weighted by Crippen LogP contribution is -2.39. The molecule has 0 radical (unpaired) electrons. The molecule has 2 aliphatic rings. The van der Waals surface area contributed by atoms with Gasteiger partial charge in [0.1, 0.15) is 0 Å². The van der Waals surface area contributed by atoms with E-state index in [0.29, 0.717) is 12.8 Å². The van der Waals surface area contributed by atoms with E-state index in [0.717, 1.165) is 9.80 Å². The molecule has 1 fully saturated rings. The maximum absolute atomic E-state index is 12.3. The SMILES string of the molecule is CNC(=O)CN(C)C(=O)COC(=O)CCN1C(=O)[C@@H]2CC=CC[C@H]2C1=O. The first-order chi connectivity index (χ1) is 12.3. The van der Waals surface area contributed by atoms with Crippen LogP contribution < -0.4 is 5.32 Å². The van der Waals surface area contributed by atoms with Crippen molar-refractivity contribution in [3.05, 3.63) is 12.2 Å². The summed E-state index contributed by atoms with van der Waals surface area (Å²) in [6.45, 7) is -0.685. The molecule has 142 valence electrons. The van der Waals surface area contributed by atoms with E-state index in [1.807, 2.05) is 12.2 Å². The lowest BCUT2D eigenvalue weighted by molar-refractivity contribution is -0.152. The molecule has 26 heavy (non-hydrogen) atoms. The first-order valence-electron chi connectivity index (χ1n) is 8.45. The number of amides is 4. The van der Waals surface area contributed by atoms with Crippen molar-refractivity contribution < 1.29 is 28.7 Å². The van der Waals surface area contributed by atoms with E-state index in [1.165, 1.54) is 14.1 Å². The van der Waals surface area contributed by atoms with Crippen LogP contribution in [0.25, 0.3) is 0 Å². The van der Waals surface area contributed by atoms with Crippen LogP contribution in [0.5, 0.6) is 0 Å². The smallest absolute Gasteiger partial charge is 0.308 e. The maximum atomic E-state index is 12.3. The number of hydrogen-bond acceptors (Lipinski definition) is 6. The van der Waals surface area contributed by atoms with E-state index in [2.05, 4.69) is 5.32 Å². The number of carbonyl (C=O) groups excluding carboxylic acids is 5. The molecule has 1 saturated heterocycles. The van der Waals surface area contributed by atoms with Crippen LogP contribution in [0.1, 0.15) is 19.3 Å². The Hall–Kier alpha value is -2.71. The van der Waals surface area contributed by atoms with Crippen LogP contribution in [0.2, 0.25) is 0 Å². The molecule has 2 atom stereocenters. The van der Waals surface area contributed by atoms with Crippen LogP contribution >= 0.6 is 0 Å². The monoisotopic (exact) mass is 365 g/mol. The van der Waals surface area contributed by atoms with Gasteiger partial charge < -0.3 is 15.0 Å². The fourth-order valence-electron chi connectivity index (χ4n) is 3.00. The Balaban J connectivity index is 1.75. The highest BCUT2D eigenvalue weighted by atomic mass is 16.5. The predicted octanol–water partition coefficient (Wildman–Crippen LogP) is -0.925. The quantitative estimate of drug-likeness (QED) is 0.354. The second-order valence-corrected chi connectivity index (χ2v) is 6.32. The van der Waals surface area contributed by atoms with Crippen molar-refractivity contribution in [2.75, 3.05) is 33.8 Å². The number of allylic oxidation sites excluding steroid dienone is 2. The number of likely N-dealkylation sites (N-methyl/N-ethyl adjacent to an activating group) is 2. The Morgan fingerprint density at radius 3 is 2.31 bits per heavy atom. The number of hydrogen-bond donors (Lipinski definition) is 1. The second-order valence-electron chi connectivity index (χ2n) is 6.32. The first-order valence-corrected chi connectivity index (χ1v) is 8.45. The summed E-state index contributed by atoms with van der Waals surface area (Å²) < 4.78 is 4.87. The summed E-state index contributed by atoms with van der Waals surface area (Å²) in [4.78, 5) is 61.6. The summed E-state index contributed by atoms with van der Waals surface area (Å²) >= 11 is 0. The number of nitrogens with one attached hydrogen (secondary N) is 1. The minimum Gasteiger partial charge on any atom is -0.456 e. The summed E-state index contributed by atoms with van der Waals surface area (Å²) in [5.74, 6) is -2.70. The average molecular weight is 365 g/mol. The highest BCUT2D eigenvalue weighted by Gasteiger charge is 2.46. The van der Waals surface area contributed by atoms with Gasteiger partial charge >= 0.3 is 5.97 Å². The standard InChI is InChI=1S/C17H23N3O6/c1-18-13(21)9-19(2)14(22)10-26-15(23)7-8-20-16(24)11-5-3-4-6-12(11)17(20)25/h3-4,11-12H,5-10H2,1-2H3,(H,18,21)/t11-,12-/m1/s1. The van der Waals surface area contributed by atoms with E-state index in [4.69, 9.17) is 4.74 Å². The highest BCUT2D eigenvalue weighted by Crippen LogP contribution is 2.34. The number of esters is 1. The van der Waals surface area contributed by atoms with Gasteiger partial charge in [-0.2, -0.15) is 0 Å². The molecule has 2 rings (SSSR count). The maximum Gasteiger partial charge on any atom is 0.308 e. The molecule has 1 aliphatic carbocycles. The van der Waals surface area contributed by atoms with Crippen LogP contribution in [0, 0.1) is 11.8 Å². The zero-order valence-corrected chi connectivity index (χ0v) is 14.9. The Kier molecular flexibility index (Phi) is 6.48. The molecule has 9 heteroatoms. The number of ether oxygens (including phenoxy) is 1. The van der Waals surface area contributed by atoms with Crippen LogP contribution in [0.15, 0.2) is 12.2 Å². The Morgan fingerprint density at radius 1 is 1.19 bits per heavy atom. The van der Waals surface area contributed by atoms with Crippen molar-refractivity contribution in [3.8, 4) is 0 Å². The molecule has 0 aromatic rings. The third-order valence-corrected chi connectivity index (χ3v) is 4.58. The summed E-state index contributed by atoms with van der Waals surface area (Å²) in [5, 5.41) is 2.38. The highest BCUT2D eigenvalue weighted by molar-refractivity contribution is 6.05. The lowest BCUT2D eigenvalue weighted by Gasteiger charge is -2.17. The van der Waals surface area contributed by atoms with Gasteiger partial charge in [-0.3, -0.25) is 28.9 Å². The fraction of sp³-hybridized carbons (Fsp3) is 0.588. The molecular weight excluding hydrogens is 342 g/mol. The van der Waals surface area contributed by atoms with Crippen LogP contribution in [0.3, 0.4) is 0 Å². The van der Waals surface area contributed by atoms with Crippen molar-refractivity contribution >= 4 is 29.6 Å². The molecule has 1 aliphatic heterocycles. The van der Waals surface area contributed by atoms with E-state index in [9.17, 15) is 24.0 Å². The summed E-state index contributed by atoms with van der Waals surface area (Å²) in [6.07, 6.45) is 4.71. The summed E-state index contributed by atoms with van der Waals surface area (Å²) in [7, 11) is 2.87. The van der Waals surface area contributed by atoms with Crippen molar-refractivity contribution in [1.29, 1.82) is 0 Å². The van der Waals surface area contributed by atoms with Gasteiger partial charge in [-0.1, -0.05) is 12.2 Å². The molecule has 0 bridgehead atoms. The number of fused-ring (bicyclic) bond motifs is 1. The number of imide groups is 1. The van der Waals surface area contributed by atoms with E-state index in [-0.39, 0.29) is 49.1 Å². The number of rotatable bonds is 7. The van der Waals surface area contributed by atoms with Crippen LogP contribution in [-0.2, 0) is 28.7 Å². The molecule has 0 aromatic heterocycles. The average Bonchev–Trinajstić information content (AvgIpc) is 2.88. The van der Waals surface area contributed by atoms with Crippen molar-refractivity contribution in [2.24, 2.45) is 11.8 Å². The molecule has 0 saturated carbocycles. The molecule has 1 heterocycles. The number of nitrogens with zero attached hydrogens (tertiary/aromatic N) is 2. The Bertz CT molecular complexity index is 618. The molecule has 0 aromatic carbocycles. The summed E-state index contributed by atoms with van der Waals surface area (Å²) in [6, 6.07) is 0. The zero-order chi connectivity index (χ0) is 19.3. The van der Waals surface area contributed by atoms with Gasteiger partial charge in [0, 0.05) is 20.6 Å². The van der Waals surface area contributed by atoms with Crippen LogP contribution in [-0.4, -0.2) is 73.2 Å². The molecule has 4 amide bonds. The van der Waals surface area contributed by atoms with Crippen molar-refractivity contribution in [1.82, 2.24) is 15.1 Å². The van der Waals surface area contributed by atoms with Crippen molar-refractivity contribution in [2.45, 2.75) is 19.3 Å². The third kappa shape index (κ3) is 4.47. The van der Waals surface area contributed by atoms with Crippen molar-refractivity contribution in [3.63, 3.8) is 0 Å². The molecule has 0 spiro atoms. The van der Waals surface area contributed by atoms with E-state index < -0.39 is 18.5 Å². The van der Waals surface area contributed by atoms with E-state index >= 15 is 0 Å². The van der Waals surface area contributed by atoms with Crippen LogP contribution in [0.4, 0.5) is 0 Å². The second kappa shape index (κ2) is 8.59. The van der Waals surface area contributed by atoms with Gasteiger partial charge in [0.15, 0.2) is 6.61 Å². The fourth-order valence-corrected chi connectivity index (χ4v) is 3.00. The minimum atomic E-state index is -0.680. The minimum absolute atomic E-state index is 0.0498. The van der Waals surface area contributed by atoms with Gasteiger partial charge in [0.25, 0.3) is 5.91 Å². The number of carbonyl (C=O) groups is 5.